The molecule has 2 aliphatic heterocycles. The van der Waals surface area contributed by atoms with E-state index in [1.165, 1.54) is 0 Å². The number of nitrogens with zero attached hydrogens (tertiary/aromatic N) is 3. The monoisotopic (exact) mass is 506 g/mol. The van der Waals surface area contributed by atoms with Gasteiger partial charge in [0, 0.05) is 54.2 Å². The summed E-state index contributed by atoms with van der Waals surface area (Å²) in [7, 11) is 1.73. The van der Waals surface area contributed by atoms with Crippen molar-refractivity contribution in [2.45, 2.75) is 39.3 Å². The van der Waals surface area contributed by atoms with E-state index in [0.717, 1.165) is 69.9 Å². The number of carbonyl (C=O) groups excluding carboxylic acids is 1. The third kappa shape index (κ3) is 4.29. The molecule has 0 bridgehead atoms. The number of amides is 1. The summed E-state index contributed by atoms with van der Waals surface area (Å²) in [4.78, 5) is 23.2. The predicted octanol–water partition coefficient (Wildman–Crippen LogP) is 5.61. The van der Waals surface area contributed by atoms with Gasteiger partial charge in [0.1, 0.15) is 5.75 Å². The lowest BCUT2D eigenvalue weighted by molar-refractivity contribution is 0.0991. The third-order valence-electron chi connectivity index (χ3n) is 7.74. The Bertz CT molecular complexity index is 1520. The quantitative estimate of drug-likeness (QED) is 0.390. The van der Waals surface area contributed by atoms with E-state index < -0.39 is 0 Å². The summed E-state index contributed by atoms with van der Waals surface area (Å²) in [6.45, 7) is 8.86. The van der Waals surface area contributed by atoms with Crippen molar-refractivity contribution in [2.24, 2.45) is 0 Å². The van der Waals surface area contributed by atoms with Gasteiger partial charge in [0.05, 0.1) is 18.5 Å². The molecule has 0 aliphatic carbocycles. The Hall–Kier alpha value is -3.90. The molecule has 1 aromatic heterocycles. The van der Waals surface area contributed by atoms with E-state index in [2.05, 4.69) is 42.3 Å². The Morgan fingerprint density at radius 3 is 2.45 bits per heavy atom. The molecule has 2 atom stereocenters. The van der Waals surface area contributed by atoms with Crippen LogP contribution < -0.4 is 19.9 Å². The number of ether oxygens (including phenoxy) is 1. The number of nitrogens with one attached hydrogen (secondary N) is 1. The topological polar surface area (TPSA) is 57.7 Å². The van der Waals surface area contributed by atoms with Crippen LogP contribution in [0.2, 0.25) is 0 Å². The third-order valence-corrected chi connectivity index (χ3v) is 7.74. The van der Waals surface area contributed by atoms with Gasteiger partial charge in [-0.1, -0.05) is 36.4 Å². The molecule has 1 fully saturated rings. The van der Waals surface area contributed by atoms with Crippen molar-refractivity contribution in [3.63, 3.8) is 0 Å². The molecule has 2 unspecified atom stereocenters. The van der Waals surface area contributed by atoms with Crippen LogP contribution in [-0.2, 0) is 6.42 Å². The van der Waals surface area contributed by atoms with Crippen molar-refractivity contribution >= 4 is 28.1 Å². The van der Waals surface area contributed by atoms with E-state index in [9.17, 15) is 4.79 Å². The number of pyridine rings is 1. The Kier molecular flexibility index (Phi) is 6.28. The van der Waals surface area contributed by atoms with Crippen molar-refractivity contribution < 1.29 is 9.53 Å². The molecule has 194 valence electrons. The van der Waals surface area contributed by atoms with Gasteiger partial charge in [-0.25, -0.2) is 0 Å². The zero-order chi connectivity index (χ0) is 26.4. The van der Waals surface area contributed by atoms with Crippen molar-refractivity contribution in [3.05, 3.63) is 83.6 Å². The highest BCUT2D eigenvalue weighted by molar-refractivity contribution is 6.17. The molecule has 6 nitrogen and oxygen atoms in total. The maximum atomic E-state index is 14.1. The summed E-state index contributed by atoms with van der Waals surface area (Å²) in [6, 6.07) is 23.2. The lowest BCUT2D eigenvalue weighted by atomic mass is 9.96. The van der Waals surface area contributed by atoms with Gasteiger partial charge in [-0.3, -0.25) is 9.78 Å². The number of aryl methyl sites for hydroxylation is 1. The Balaban J connectivity index is 1.40. The Labute approximate surface area is 224 Å². The van der Waals surface area contributed by atoms with Crippen molar-refractivity contribution in [1.29, 1.82) is 0 Å². The molecule has 0 saturated carbocycles. The van der Waals surface area contributed by atoms with Crippen LogP contribution in [0.5, 0.6) is 5.75 Å². The number of fused-ring (bicyclic) bond motifs is 2. The largest absolute Gasteiger partial charge is 0.495 e. The van der Waals surface area contributed by atoms with Crippen LogP contribution in [0.15, 0.2) is 66.7 Å². The molecule has 2 aliphatic rings. The van der Waals surface area contributed by atoms with Gasteiger partial charge in [-0.15, -0.1) is 0 Å². The molecule has 3 aromatic carbocycles. The van der Waals surface area contributed by atoms with Crippen LogP contribution in [-0.4, -0.2) is 49.7 Å². The number of aromatic nitrogens is 1. The summed E-state index contributed by atoms with van der Waals surface area (Å²) in [5.74, 6) is 0.904. The van der Waals surface area contributed by atoms with E-state index in [1.54, 1.807) is 7.11 Å². The molecule has 3 heterocycles. The number of hydrogen-bond acceptors (Lipinski definition) is 5. The van der Waals surface area contributed by atoms with Gasteiger partial charge in [0.2, 0.25) is 0 Å². The van der Waals surface area contributed by atoms with Gasteiger partial charge in [-0.05, 0) is 73.9 Å². The SMILES string of the molecule is COc1cc2c(cc1N1CC(C)NC(C)C1)N(C(=O)c1ccc(-c3cccc(C)n3)c3ccccc13)CC2. The number of carbonyl (C=O) groups is 1. The lowest BCUT2D eigenvalue weighted by Gasteiger charge is -2.38. The molecule has 1 saturated heterocycles. The van der Waals surface area contributed by atoms with Gasteiger partial charge in [0.25, 0.3) is 5.91 Å². The van der Waals surface area contributed by atoms with E-state index in [4.69, 9.17) is 9.72 Å². The van der Waals surface area contributed by atoms with Crippen LogP contribution >= 0.6 is 0 Å². The average Bonchev–Trinajstić information content (AvgIpc) is 3.33. The summed E-state index contributed by atoms with van der Waals surface area (Å²) < 4.78 is 5.82. The Morgan fingerprint density at radius 2 is 1.71 bits per heavy atom. The highest BCUT2D eigenvalue weighted by Gasteiger charge is 2.31. The second-order valence-electron chi connectivity index (χ2n) is 10.6. The smallest absolute Gasteiger partial charge is 0.258 e. The fourth-order valence-corrected chi connectivity index (χ4v) is 6.10. The van der Waals surface area contributed by atoms with Gasteiger partial charge < -0.3 is 19.9 Å². The van der Waals surface area contributed by atoms with Crippen LogP contribution in [0.1, 0.15) is 35.5 Å². The fourth-order valence-electron chi connectivity index (χ4n) is 6.10. The van der Waals surface area contributed by atoms with Crippen LogP contribution in [0.4, 0.5) is 11.4 Å². The average molecular weight is 507 g/mol. The highest BCUT2D eigenvalue weighted by atomic mass is 16.5. The molecule has 4 aromatic rings. The van der Waals surface area contributed by atoms with E-state index in [-0.39, 0.29) is 5.91 Å². The van der Waals surface area contributed by atoms with Gasteiger partial charge in [0.15, 0.2) is 0 Å². The second-order valence-corrected chi connectivity index (χ2v) is 10.6. The van der Waals surface area contributed by atoms with Crippen LogP contribution in [0.25, 0.3) is 22.0 Å². The number of rotatable bonds is 4. The van der Waals surface area contributed by atoms with E-state index in [1.807, 2.05) is 60.4 Å². The molecule has 38 heavy (non-hydrogen) atoms. The molecule has 6 rings (SSSR count). The molecular formula is C32H34N4O2. The highest BCUT2D eigenvalue weighted by Crippen LogP contribution is 2.41. The normalized spacial score (nSPS) is 19.1. The summed E-state index contributed by atoms with van der Waals surface area (Å²) in [5, 5.41) is 5.59. The molecule has 0 radical (unpaired) electrons. The van der Waals surface area contributed by atoms with Crippen molar-refractivity contribution in [2.75, 3.05) is 36.5 Å². The van der Waals surface area contributed by atoms with Crippen molar-refractivity contribution in [1.82, 2.24) is 10.3 Å². The number of piperazine rings is 1. The number of hydrogen-bond donors (Lipinski definition) is 1. The lowest BCUT2D eigenvalue weighted by Crippen LogP contribution is -2.54. The van der Waals surface area contributed by atoms with Crippen LogP contribution in [0.3, 0.4) is 0 Å². The van der Waals surface area contributed by atoms with Crippen molar-refractivity contribution in [3.8, 4) is 17.0 Å². The molecule has 1 amide bonds. The maximum absolute atomic E-state index is 14.1. The minimum absolute atomic E-state index is 0.0295. The second kappa shape index (κ2) is 9.76. The molecule has 1 N–H and O–H groups in total. The van der Waals surface area contributed by atoms with Crippen LogP contribution in [0, 0.1) is 6.92 Å². The number of methoxy groups -OCH3 is 1. The molecule has 6 heteroatoms. The zero-order valence-corrected chi connectivity index (χ0v) is 22.5. The predicted molar refractivity (Wildman–Crippen MR) is 155 cm³/mol. The fraction of sp³-hybridized carbons (Fsp3) is 0.312. The van der Waals surface area contributed by atoms with Gasteiger partial charge in [-0.2, -0.15) is 0 Å². The first-order chi connectivity index (χ1) is 18.4. The minimum atomic E-state index is 0.0295. The Morgan fingerprint density at radius 1 is 0.947 bits per heavy atom. The van der Waals surface area contributed by atoms with Gasteiger partial charge >= 0.3 is 0 Å². The summed E-state index contributed by atoms with van der Waals surface area (Å²) in [6.07, 6.45) is 0.815. The summed E-state index contributed by atoms with van der Waals surface area (Å²) in [5.41, 5.74) is 6.83. The number of benzene rings is 3. The first-order valence-corrected chi connectivity index (χ1v) is 13.4. The van der Waals surface area contributed by atoms with E-state index in [0.29, 0.717) is 24.2 Å². The van der Waals surface area contributed by atoms with E-state index >= 15 is 0 Å². The molecule has 0 spiro atoms. The maximum Gasteiger partial charge on any atom is 0.258 e. The first-order valence-electron chi connectivity index (χ1n) is 13.4. The zero-order valence-electron chi connectivity index (χ0n) is 22.5. The number of anilines is 2. The first kappa shape index (κ1) is 24.4. The molecular weight excluding hydrogens is 472 g/mol. The minimum Gasteiger partial charge on any atom is -0.495 e. The summed E-state index contributed by atoms with van der Waals surface area (Å²) >= 11 is 0. The standard InChI is InChI=1S/C32H34N4O2/c1-20-8-7-11-28(34-20)26-12-13-27(25-10-6-5-9-24(25)26)32(37)36-15-14-23-16-31(38-4)30(17-29(23)36)35-18-21(2)33-22(3)19-35/h5-13,16-17,21-22,33H,14-15,18-19H2,1-4H3.